The largest absolute Gasteiger partial charge is 0.378 e. The molecule has 1 aliphatic rings. The topological polar surface area (TPSA) is 60.3 Å². The minimum atomic E-state index is -0.414. The van der Waals surface area contributed by atoms with Crippen molar-refractivity contribution in [1.29, 1.82) is 0 Å². The molecule has 0 unspecified atom stereocenters. The number of hydrogen-bond donors (Lipinski definition) is 0. The van der Waals surface area contributed by atoms with Gasteiger partial charge in [-0.3, -0.25) is 9.36 Å². The first kappa shape index (κ1) is 19.6. The summed E-state index contributed by atoms with van der Waals surface area (Å²) in [7, 11) is 0. The summed E-state index contributed by atoms with van der Waals surface area (Å²) >= 11 is 1.32. The van der Waals surface area contributed by atoms with Crippen molar-refractivity contribution >= 4 is 23.5 Å². The standard InChI is InChI=1S/C21H21FN4O2S/c22-18-8-4-7-17(13-18)19(27)15-29-21-24-23-20(25-9-11-28-12-10-25)26(21)14-16-5-2-1-3-6-16/h1-8,13H,9-12,14-15H2. The van der Waals surface area contributed by atoms with E-state index in [0.29, 0.717) is 30.5 Å². The molecular formula is C21H21FN4O2S. The van der Waals surface area contributed by atoms with Gasteiger partial charge in [0.2, 0.25) is 5.95 Å². The van der Waals surface area contributed by atoms with E-state index in [0.717, 1.165) is 24.6 Å². The number of ether oxygens (including phenoxy) is 1. The van der Waals surface area contributed by atoms with E-state index in [2.05, 4.69) is 27.2 Å². The van der Waals surface area contributed by atoms with Crippen molar-refractivity contribution < 1.29 is 13.9 Å². The molecule has 1 aromatic heterocycles. The molecule has 2 heterocycles. The lowest BCUT2D eigenvalue weighted by molar-refractivity contribution is 0.102. The van der Waals surface area contributed by atoms with Gasteiger partial charge in [-0.15, -0.1) is 10.2 Å². The first-order valence-corrected chi connectivity index (χ1v) is 10.4. The molecular weight excluding hydrogens is 391 g/mol. The molecule has 6 nitrogen and oxygen atoms in total. The first-order chi connectivity index (χ1) is 14.2. The molecule has 0 N–H and O–H groups in total. The first-order valence-electron chi connectivity index (χ1n) is 9.42. The molecule has 1 saturated heterocycles. The predicted octanol–water partition coefficient (Wildman–Crippen LogP) is 3.28. The molecule has 4 rings (SSSR count). The van der Waals surface area contributed by atoms with Gasteiger partial charge in [-0.2, -0.15) is 0 Å². The Hall–Kier alpha value is -2.71. The second kappa shape index (κ2) is 9.19. The molecule has 0 atom stereocenters. The highest BCUT2D eigenvalue weighted by Crippen LogP contribution is 2.25. The van der Waals surface area contributed by atoms with Gasteiger partial charge >= 0.3 is 0 Å². The number of benzene rings is 2. The highest BCUT2D eigenvalue weighted by molar-refractivity contribution is 7.99. The lowest BCUT2D eigenvalue weighted by Crippen LogP contribution is -2.38. The van der Waals surface area contributed by atoms with Crippen molar-refractivity contribution in [3.05, 3.63) is 71.5 Å². The average molecular weight is 412 g/mol. The summed E-state index contributed by atoms with van der Waals surface area (Å²) in [5.41, 5.74) is 1.49. The fourth-order valence-electron chi connectivity index (χ4n) is 3.16. The van der Waals surface area contributed by atoms with Crippen LogP contribution in [0.2, 0.25) is 0 Å². The second-order valence-corrected chi connectivity index (χ2v) is 7.62. The van der Waals surface area contributed by atoms with Gasteiger partial charge < -0.3 is 9.64 Å². The third-order valence-corrected chi connectivity index (χ3v) is 5.62. The monoisotopic (exact) mass is 412 g/mol. The van der Waals surface area contributed by atoms with Gasteiger partial charge in [0.25, 0.3) is 0 Å². The van der Waals surface area contributed by atoms with Crippen LogP contribution in [0.5, 0.6) is 0 Å². The van der Waals surface area contributed by atoms with Gasteiger partial charge in [0.15, 0.2) is 10.9 Å². The zero-order valence-electron chi connectivity index (χ0n) is 15.8. The van der Waals surface area contributed by atoms with Crippen LogP contribution in [0.1, 0.15) is 15.9 Å². The van der Waals surface area contributed by atoms with E-state index in [-0.39, 0.29) is 11.5 Å². The maximum Gasteiger partial charge on any atom is 0.228 e. The van der Waals surface area contributed by atoms with Crippen LogP contribution < -0.4 is 4.90 Å². The minimum absolute atomic E-state index is 0.142. The maximum atomic E-state index is 13.4. The van der Waals surface area contributed by atoms with E-state index in [1.54, 1.807) is 12.1 Å². The highest BCUT2D eigenvalue weighted by atomic mass is 32.2. The molecule has 0 aliphatic carbocycles. The summed E-state index contributed by atoms with van der Waals surface area (Å²) in [6.45, 7) is 3.41. The van der Waals surface area contributed by atoms with E-state index in [1.165, 1.54) is 23.9 Å². The normalized spacial score (nSPS) is 14.2. The van der Waals surface area contributed by atoms with Crippen molar-refractivity contribution in [3.8, 4) is 0 Å². The molecule has 3 aromatic rings. The van der Waals surface area contributed by atoms with E-state index >= 15 is 0 Å². The molecule has 29 heavy (non-hydrogen) atoms. The lowest BCUT2D eigenvalue weighted by Gasteiger charge is -2.28. The summed E-state index contributed by atoms with van der Waals surface area (Å²) in [5.74, 6) is 0.386. The SMILES string of the molecule is O=C(CSc1nnc(N2CCOCC2)n1Cc1ccccc1)c1cccc(F)c1. The predicted molar refractivity (Wildman–Crippen MR) is 110 cm³/mol. The van der Waals surface area contributed by atoms with Crippen LogP contribution in [0.15, 0.2) is 59.8 Å². The van der Waals surface area contributed by atoms with E-state index in [4.69, 9.17) is 4.74 Å². The van der Waals surface area contributed by atoms with Crippen LogP contribution in [-0.2, 0) is 11.3 Å². The zero-order valence-corrected chi connectivity index (χ0v) is 16.6. The Morgan fingerprint density at radius 3 is 2.62 bits per heavy atom. The molecule has 2 aromatic carbocycles. The number of nitrogens with zero attached hydrogens (tertiary/aromatic N) is 4. The van der Waals surface area contributed by atoms with Crippen molar-refractivity contribution in [2.24, 2.45) is 0 Å². The second-order valence-electron chi connectivity index (χ2n) is 6.68. The van der Waals surface area contributed by atoms with Crippen LogP contribution in [0.4, 0.5) is 10.3 Å². The van der Waals surface area contributed by atoms with Gasteiger partial charge in [-0.25, -0.2) is 4.39 Å². The Balaban J connectivity index is 1.55. The summed E-state index contributed by atoms with van der Waals surface area (Å²) in [6, 6.07) is 15.8. The average Bonchev–Trinajstić information content (AvgIpc) is 3.15. The number of aromatic nitrogens is 3. The minimum Gasteiger partial charge on any atom is -0.378 e. The van der Waals surface area contributed by atoms with Gasteiger partial charge in [0.05, 0.1) is 25.5 Å². The van der Waals surface area contributed by atoms with Gasteiger partial charge in [-0.1, -0.05) is 54.2 Å². The van der Waals surface area contributed by atoms with Crippen molar-refractivity contribution in [1.82, 2.24) is 14.8 Å². The number of morpholine rings is 1. The maximum absolute atomic E-state index is 13.4. The highest BCUT2D eigenvalue weighted by Gasteiger charge is 2.21. The number of ketones is 1. The summed E-state index contributed by atoms with van der Waals surface area (Å²) in [5, 5.41) is 9.40. The number of carbonyl (C=O) groups is 1. The third kappa shape index (κ3) is 4.83. The van der Waals surface area contributed by atoms with Gasteiger partial charge in [-0.05, 0) is 17.7 Å². The summed E-state index contributed by atoms with van der Waals surface area (Å²) in [6.07, 6.45) is 0. The number of anilines is 1. The Morgan fingerprint density at radius 1 is 1.07 bits per heavy atom. The Bertz CT molecular complexity index is 974. The van der Waals surface area contributed by atoms with Crippen LogP contribution in [0.25, 0.3) is 0 Å². The van der Waals surface area contributed by atoms with Crippen LogP contribution in [0.3, 0.4) is 0 Å². The molecule has 0 amide bonds. The van der Waals surface area contributed by atoms with Crippen molar-refractivity contribution in [2.75, 3.05) is 37.0 Å². The Morgan fingerprint density at radius 2 is 1.86 bits per heavy atom. The molecule has 0 saturated carbocycles. The van der Waals surface area contributed by atoms with Crippen LogP contribution in [0, 0.1) is 5.82 Å². The summed E-state index contributed by atoms with van der Waals surface area (Å²) < 4.78 is 20.9. The lowest BCUT2D eigenvalue weighted by atomic mass is 10.1. The molecule has 0 radical (unpaired) electrons. The van der Waals surface area contributed by atoms with Gasteiger partial charge in [0, 0.05) is 18.7 Å². The van der Waals surface area contributed by atoms with E-state index in [1.807, 2.05) is 22.8 Å². The number of hydrogen-bond acceptors (Lipinski definition) is 6. The molecule has 150 valence electrons. The zero-order chi connectivity index (χ0) is 20.1. The molecule has 8 heteroatoms. The fraction of sp³-hybridized carbons (Fsp3) is 0.286. The fourth-order valence-corrected chi connectivity index (χ4v) is 3.99. The summed E-state index contributed by atoms with van der Waals surface area (Å²) in [4.78, 5) is 14.6. The molecule has 0 spiro atoms. The molecule has 0 bridgehead atoms. The smallest absolute Gasteiger partial charge is 0.228 e. The van der Waals surface area contributed by atoms with E-state index in [9.17, 15) is 9.18 Å². The Labute approximate surface area is 172 Å². The number of Topliss-reactive ketones (excluding diaryl/α,β-unsaturated/α-hetero) is 1. The van der Waals surface area contributed by atoms with Crippen molar-refractivity contribution in [2.45, 2.75) is 11.7 Å². The third-order valence-electron chi connectivity index (χ3n) is 4.65. The van der Waals surface area contributed by atoms with E-state index < -0.39 is 5.82 Å². The number of halogens is 1. The Kier molecular flexibility index (Phi) is 6.21. The van der Waals surface area contributed by atoms with Crippen molar-refractivity contribution in [3.63, 3.8) is 0 Å². The number of thioether (sulfide) groups is 1. The van der Waals surface area contributed by atoms with Crippen LogP contribution >= 0.6 is 11.8 Å². The van der Waals surface area contributed by atoms with Crippen LogP contribution in [-0.4, -0.2) is 52.6 Å². The van der Waals surface area contributed by atoms with Gasteiger partial charge in [0.1, 0.15) is 5.82 Å². The number of rotatable bonds is 7. The molecule has 1 fully saturated rings. The molecule has 1 aliphatic heterocycles. The number of carbonyl (C=O) groups excluding carboxylic acids is 1. The quantitative estimate of drug-likeness (QED) is 0.439.